The lowest BCUT2D eigenvalue weighted by atomic mass is 10.0. The van der Waals surface area contributed by atoms with Gasteiger partial charge in [-0.05, 0) is 51.3 Å². The predicted molar refractivity (Wildman–Crippen MR) is 110 cm³/mol. The molecule has 2 amide bonds. The van der Waals surface area contributed by atoms with E-state index in [0.29, 0.717) is 18.8 Å². The molecule has 2 rings (SSSR count). The van der Waals surface area contributed by atoms with Gasteiger partial charge in [-0.25, -0.2) is 4.79 Å². The van der Waals surface area contributed by atoms with Crippen LogP contribution in [-0.4, -0.2) is 60.7 Å². The Morgan fingerprint density at radius 1 is 1.36 bits per heavy atom. The van der Waals surface area contributed by atoms with Gasteiger partial charge in [-0.2, -0.15) is 0 Å². The van der Waals surface area contributed by atoms with Crippen molar-refractivity contribution in [2.75, 3.05) is 27.2 Å². The van der Waals surface area contributed by atoms with Gasteiger partial charge in [0, 0.05) is 31.7 Å². The zero-order chi connectivity index (χ0) is 20.9. The number of amides is 2. The average Bonchev–Trinajstić information content (AvgIpc) is 2.66. The smallest absolute Gasteiger partial charge is 0.410 e. The van der Waals surface area contributed by atoms with Crippen molar-refractivity contribution in [1.82, 2.24) is 9.80 Å². The number of likely N-dealkylation sites (N-methyl/N-ethyl adjacent to an activating group) is 1. The van der Waals surface area contributed by atoms with Crippen molar-refractivity contribution in [2.45, 2.75) is 51.7 Å². The molecule has 0 aromatic heterocycles. The first-order valence-electron chi connectivity index (χ1n) is 9.67. The van der Waals surface area contributed by atoms with Crippen LogP contribution in [0.4, 0.5) is 4.79 Å². The Hall–Kier alpha value is -2.50. The SMILES string of the molecule is C=Cc1ccc(OC)c(CC(=O)N(C)C2CCCN(C(=O)OC(C)(C)C)C2)c1. The summed E-state index contributed by atoms with van der Waals surface area (Å²) in [5.41, 5.74) is 1.25. The van der Waals surface area contributed by atoms with Crippen LogP contribution in [-0.2, 0) is 16.0 Å². The lowest BCUT2D eigenvalue weighted by Crippen LogP contribution is -2.51. The fourth-order valence-corrected chi connectivity index (χ4v) is 3.32. The standard InChI is InChI=1S/C22H32N2O4/c1-7-16-10-11-19(27-6)17(13-16)14-20(25)23(5)18-9-8-12-24(15-18)21(26)28-22(2,3)4/h7,10-11,13,18H,1,8-9,12,14-15H2,2-6H3. The molecule has 1 aromatic rings. The summed E-state index contributed by atoms with van der Waals surface area (Å²) >= 11 is 0. The van der Waals surface area contributed by atoms with Gasteiger partial charge in [0.25, 0.3) is 0 Å². The Balaban J connectivity index is 2.04. The number of benzene rings is 1. The molecule has 0 aliphatic carbocycles. The number of likely N-dealkylation sites (tertiary alicyclic amines) is 1. The number of methoxy groups -OCH3 is 1. The van der Waals surface area contributed by atoms with E-state index >= 15 is 0 Å². The number of piperidine rings is 1. The van der Waals surface area contributed by atoms with Crippen LogP contribution in [0.5, 0.6) is 5.75 Å². The monoisotopic (exact) mass is 388 g/mol. The summed E-state index contributed by atoms with van der Waals surface area (Å²) in [7, 11) is 3.40. The molecule has 0 radical (unpaired) electrons. The first-order chi connectivity index (χ1) is 13.1. The maximum atomic E-state index is 12.9. The molecule has 1 atom stereocenters. The summed E-state index contributed by atoms with van der Waals surface area (Å²) in [5, 5.41) is 0. The molecule has 1 fully saturated rings. The molecule has 1 aliphatic rings. The first kappa shape index (κ1) is 21.8. The molecular formula is C22H32N2O4. The first-order valence-corrected chi connectivity index (χ1v) is 9.67. The summed E-state index contributed by atoms with van der Waals surface area (Å²) in [4.78, 5) is 28.7. The second-order valence-electron chi connectivity index (χ2n) is 8.18. The van der Waals surface area contributed by atoms with Crippen LogP contribution in [0.15, 0.2) is 24.8 Å². The molecule has 0 saturated carbocycles. The van der Waals surface area contributed by atoms with Gasteiger partial charge in [0.05, 0.1) is 13.5 Å². The molecule has 0 spiro atoms. The minimum absolute atomic E-state index is 0.00412. The highest BCUT2D eigenvalue weighted by molar-refractivity contribution is 5.80. The summed E-state index contributed by atoms with van der Waals surface area (Å²) in [6.45, 7) is 10.5. The van der Waals surface area contributed by atoms with Crippen molar-refractivity contribution >= 4 is 18.1 Å². The molecule has 1 aliphatic heterocycles. The van der Waals surface area contributed by atoms with Crippen molar-refractivity contribution < 1.29 is 19.1 Å². The van der Waals surface area contributed by atoms with Crippen LogP contribution in [0.3, 0.4) is 0 Å². The quantitative estimate of drug-likeness (QED) is 0.771. The molecule has 0 bridgehead atoms. The Morgan fingerprint density at radius 2 is 2.07 bits per heavy atom. The lowest BCUT2D eigenvalue weighted by molar-refractivity contribution is -0.132. The normalized spacial score (nSPS) is 17.0. The van der Waals surface area contributed by atoms with Gasteiger partial charge >= 0.3 is 6.09 Å². The molecule has 154 valence electrons. The highest BCUT2D eigenvalue weighted by atomic mass is 16.6. The highest BCUT2D eigenvalue weighted by Gasteiger charge is 2.31. The highest BCUT2D eigenvalue weighted by Crippen LogP contribution is 2.23. The number of hydrogen-bond donors (Lipinski definition) is 0. The van der Waals surface area contributed by atoms with Crippen molar-refractivity contribution in [1.29, 1.82) is 0 Å². The van der Waals surface area contributed by atoms with Crippen LogP contribution in [0.25, 0.3) is 6.08 Å². The lowest BCUT2D eigenvalue weighted by Gasteiger charge is -2.38. The van der Waals surface area contributed by atoms with Crippen LogP contribution < -0.4 is 4.74 Å². The molecule has 1 aromatic carbocycles. The van der Waals surface area contributed by atoms with Crippen LogP contribution >= 0.6 is 0 Å². The third kappa shape index (κ3) is 5.75. The molecule has 28 heavy (non-hydrogen) atoms. The van der Waals surface area contributed by atoms with Crippen LogP contribution in [0.1, 0.15) is 44.7 Å². The summed E-state index contributed by atoms with van der Waals surface area (Å²) in [6, 6.07) is 5.65. The second-order valence-corrected chi connectivity index (χ2v) is 8.18. The molecule has 1 unspecified atom stereocenters. The van der Waals surface area contributed by atoms with E-state index in [1.165, 1.54) is 0 Å². The summed E-state index contributed by atoms with van der Waals surface area (Å²) in [5.74, 6) is 0.682. The zero-order valence-electron chi connectivity index (χ0n) is 17.7. The zero-order valence-corrected chi connectivity index (χ0v) is 17.7. The Morgan fingerprint density at radius 3 is 2.68 bits per heavy atom. The van der Waals surface area contributed by atoms with E-state index < -0.39 is 5.60 Å². The topological polar surface area (TPSA) is 59.1 Å². The van der Waals surface area contributed by atoms with Crippen molar-refractivity contribution in [3.8, 4) is 5.75 Å². The Bertz CT molecular complexity index is 724. The number of rotatable bonds is 5. The molecule has 1 saturated heterocycles. The van der Waals surface area contributed by atoms with E-state index in [1.807, 2.05) is 39.0 Å². The van der Waals surface area contributed by atoms with Gasteiger partial charge < -0.3 is 19.3 Å². The number of carbonyl (C=O) groups is 2. The predicted octanol–water partition coefficient (Wildman–Crippen LogP) is 3.74. The Labute approximate surface area is 168 Å². The molecule has 0 N–H and O–H groups in total. The van der Waals surface area contributed by atoms with E-state index in [4.69, 9.17) is 9.47 Å². The van der Waals surface area contributed by atoms with Crippen molar-refractivity contribution in [2.24, 2.45) is 0 Å². The third-order valence-electron chi connectivity index (χ3n) is 4.87. The minimum Gasteiger partial charge on any atom is -0.496 e. The molecule has 6 heteroatoms. The third-order valence-corrected chi connectivity index (χ3v) is 4.87. The molecular weight excluding hydrogens is 356 g/mol. The van der Waals surface area contributed by atoms with Crippen LogP contribution in [0, 0.1) is 0 Å². The fraction of sp³-hybridized carbons (Fsp3) is 0.545. The Kier molecular flexibility index (Phi) is 7.11. The van der Waals surface area contributed by atoms with Gasteiger partial charge in [0.2, 0.25) is 5.91 Å². The van der Waals surface area contributed by atoms with E-state index in [-0.39, 0.29) is 24.5 Å². The average molecular weight is 389 g/mol. The van der Waals surface area contributed by atoms with Crippen LogP contribution in [0.2, 0.25) is 0 Å². The minimum atomic E-state index is -0.529. The van der Waals surface area contributed by atoms with Gasteiger partial charge in [-0.15, -0.1) is 0 Å². The van der Waals surface area contributed by atoms with Gasteiger partial charge in [0.1, 0.15) is 11.4 Å². The maximum absolute atomic E-state index is 12.9. The summed E-state index contributed by atoms with van der Waals surface area (Å²) in [6.07, 6.45) is 3.38. The van der Waals surface area contributed by atoms with E-state index in [9.17, 15) is 9.59 Å². The molecule has 6 nitrogen and oxygen atoms in total. The van der Waals surface area contributed by atoms with Gasteiger partial charge in [0.15, 0.2) is 0 Å². The summed E-state index contributed by atoms with van der Waals surface area (Å²) < 4.78 is 10.9. The maximum Gasteiger partial charge on any atom is 0.410 e. The number of hydrogen-bond acceptors (Lipinski definition) is 4. The number of nitrogens with zero attached hydrogens (tertiary/aromatic N) is 2. The number of carbonyl (C=O) groups excluding carboxylic acids is 2. The van der Waals surface area contributed by atoms with Gasteiger partial charge in [-0.1, -0.05) is 18.7 Å². The molecule has 1 heterocycles. The second kappa shape index (κ2) is 9.13. The van der Waals surface area contributed by atoms with E-state index in [2.05, 4.69) is 6.58 Å². The number of ether oxygens (including phenoxy) is 2. The van der Waals surface area contributed by atoms with Crippen molar-refractivity contribution in [3.05, 3.63) is 35.9 Å². The van der Waals surface area contributed by atoms with E-state index in [1.54, 1.807) is 30.0 Å². The van der Waals surface area contributed by atoms with Crippen molar-refractivity contribution in [3.63, 3.8) is 0 Å². The largest absolute Gasteiger partial charge is 0.496 e. The van der Waals surface area contributed by atoms with Gasteiger partial charge in [-0.3, -0.25) is 4.79 Å². The van der Waals surface area contributed by atoms with E-state index in [0.717, 1.165) is 24.0 Å². The fourth-order valence-electron chi connectivity index (χ4n) is 3.32.